The first-order valence-electron chi connectivity index (χ1n) is 15.4. The number of carbonyl (C=O) groups is 1. The molecule has 212 valence electrons. The third-order valence-corrected chi connectivity index (χ3v) is 11.3. The lowest BCUT2D eigenvalue weighted by atomic mass is 9.48. The Kier molecular flexibility index (Phi) is 6.37. The number of aromatic nitrogens is 1. The van der Waals surface area contributed by atoms with Crippen LogP contribution in [0.3, 0.4) is 0 Å². The number of allylic oxidation sites excluding steroid dienone is 1. The van der Waals surface area contributed by atoms with Gasteiger partial charge in [-0.25, -0.2) is 0 Å². The van der Waals surface area contributed by atoms with Crippen LogP contribution in [0.1, 0.15) is 70.6 Å². The molecule has 0 bridgehead atoms. The molecule has 0 amide bonds. The van der Waals surface area contributed by atoms with Crippen molar-refractivity contribution in [3.63, 3.8) is 0 Å². The Labute approximate surface area is 244 Å². The molecule has 7 rings (SSSR count). The zero-order chi connectivity index (χ0) is 28.4. The minimum atomic E-state index is -0.153. The number of esters is 1. The van der Waals surface area contributed by atoms with E-state index in [0.717, 1.165) is 43.5 Å². The molecule has 0 spiro atoms. The average molecular weight is 548 g/mol. The van der Waals surface area contributed by atoms with Crippen molar-refractivity contribution in [1.82, 2.24) is 4.98 Å². The first kappa shape index (κ1) is 26.5. The number of benzene rings is 2. The van der Waals surface area contributed by atoms with Gasteiger partial charge < -0.3 is 9.47 Å². The van der Waals surface area contributed by atoms with E-state index in [2.05, 4.69) is 80.6 Å². The standard InChI is InChI=1S/C37H41NO3/c1-23(39)41-28-16-18-36(2)26(20-28)12-15-29-32(36)17-19-37(3)33(29)21-31-30(24-10-13-27(40-4)14-11-24)22-34(38-35(31)37)25-8-6-5-7-9-25/h5-14,22,28-29,32-33H,15-21H2,1-4H3/t28-,29?,32?,33?,36-,37-/m0/s1. The van der Waals surface area contributed by atoms with E-state index in [4.69, 9.17) is 14.5 Å². The topological polar surface area (TPSA) is 48.4 Å². The van der Waals surface area contributed by atoms with Crippen LogP contribution in [0, 0.1) is 23.2 Å². The molecular weight excluding hydrogens is 506 g/mol. The number of methoxy groups -OCH3 is 1. The third-order valence-electron chi connectivity index (χ3n) is 11.3. The molecule has 4 heteroatoms. The van der Waals surface area contributed by atoms with Crippen molar-refractivity contribution in [3.8, 4) is 28.1 Å². The summed E-state index contributed by atoms with van der Waals surface area (Å²) >= 11 is 0. The molecule has 2 aromatic carbocycles. The maximum Gasteiger partial charge on any atom is 0.302 e. The van der Waals surface area contributed by atoms with Gasteiger partial charge in [-0.1, -0.05) is 68.0 Å². The van der Waals surface area contributed by atoms with Crippen molar-refractivity contribution in [2.45, 2.75) is 77.2 Å². The molecule has 1 aromatic heterocycles. The van der Waals surface area contributed by atoms with Gasteiger partial charge in [-0.3, -0.25) is 9.78 Å². The summed E-state index contributed by atoms with van der Waals surface area (Å²) in [6.07, 6.45) is 10.2. The molecule has 3 aromatic rings. The van der Waals surface area contributed by atoms with Crippen LogP contribution in [0.5, 0.6) is 5.75 Å². The van der Waals surface area contributed by atoms with E-state index in [9.17, 15) is 4.79 Å². The number of ether oxygens (including phenoxy) is 2. The summed E-state index contributed by atoms with van der Waals surface area (Å²) in [5.41, 5.74) is 9.39. The molecule has 4 aliphatic carbocycles. The maximum atomic E-state index is 11.7. The number of fused-ring (bicyclic) bond motifs is 7. The van der Waals surface area contributed by atoms with Crippen LogP contribution in [-0.4, -0.2) is 24.2 Å². The molecule has 2 fully saturated rings. The lowest BCUT2D eigenvalue weighted by Gasteiger charge is -2.57. The number of carbonyl (C=O) groups excluding carboxylic acids is 1. The monoisotopic (exact) mass is 547 g/mol. The van der Waals surface area contributed by atoms with Gasteiger partial charge in [0.05, 0.1) is 18.5 Å². The third kappa shape index (κ3) is 4.24. The molecule has 4 nitrogen and oxygen atoms in total. The maximum absolute atomic E-state index is 11.7. The molecule has 0 radical (unpaired) electrons. The van der Waals surface area contributed by atoms with Crippen molar-refractivity contribution in [3.05, 3.63) is 83.6 Å². The summed E-state index contributed by atoms with van der Waals surface area (Å²) < 4.78 is 11.1. The highest BCUT2D eigenvalue weighted by atomic mass is 16.5. The van der Waals surface area contributed by atoms with E-state index in [1.165, 1.54) is 47.7 Å². The normalized spacial score (nSPS) is 31.7. The van der Waals surface area contributed by atoms with Gasteiger partial charge in [0.15, 0.2) is 0 Å². The predicted octanol–water partition coefficient (Wildman–Crippen LogP) is 8.33. The second kappa shape index (κ2) is 9.86. The molecule has 0 aliphatic heterocycles. The number of hydrogen-bond acceptors (Lipinski definition) is 4. The first-order chi connectivity index (χ1) is 19.8. The Bertz CT molecular complexity index is 1510. The Morgan fingerprint density at radius 3 is 2.39 bits per heavy atom. The van der Waals surface area contributed by atoms with Gasteiger partial charge in [0.1, 0.15) is 11.9 Å². The molecule has 3 unspecified atom stereocenters. The fourth-order valence-corrected chi connectivity index (χ4v) is 9.21. The minimum absolute atomic E-state index is 0.0422. The highest BCUT2D eigenvalue weighted by molar-refractivity contribution is 5.76. The first-order valence-corrected chi connectivity index (χ1v) is 15.4. The SMILES string of the molecule is COc1ccc(-c2cc(-c3ccccc3)nc3c2CC2C4CC=C5C[C@@H](OC(C)=O)CC[C@]5(C)C4CC[C@]32C)cc1. The van der Waals surface area contributed by atoms with E-state index in [-0.39, 0.29) is 22.9 Å². The zero-order valence-electron chi connectivity index (χ0n) is 24.8. The van der Waals surface area contributed by atoms with Gasteiger partial charge >= 0.3 is 5.97 Å². The smallest absolute Gasteiger partial charge is 0.302 e. The summed E-state index contributed by atoms with van der Waals surface area (Å²) in [6.45, 7) is 6.56. The van der Waals surface area contributed by atoms with Gasteiger partial charge in [-0.15, -0.1) is 0 Å². The molecule has 1 heterocycles. The molecule has 2 saturated carbocycles. The molecule has 41 heavy (non-hydrogen) atoms. The van der Waals surface area contributed by atoms with E-state index < -0.39 is 0 Å². The van der Waals surface area contributed by atoms with Crippen molar-refractivity contribution in [2.24, 2.45) is 23.2 Å². The number of rotatable bonds is 4. The molecule has 0 saturated heterocycles. The predicted molar refractivity (Wildman–Crippen MR) is 163 cm³/mol. The molecule has 0 N–H and O–H groups in total. The van der Waals surface area contributed by atoms with Crippen molar-refractivity contribution in [2.75, 3.05) is 7.11 Å². The van der Waals surface area contributed by atoms with Crippen LogP contribution in [0.2, 0.25) is 0 Å². The summed E-state index contributed by atoms with van der Waals surface area (Å²) in [5, 5.41) is 0. The van der Waals surface area contributed by atoms with Gasteiger partial charge in [0, 0.05) is 24.3 Å². The van der Waals surface area contributed by atoms with E-state index in [1.807, 2.05) is 0 Å². The van der Waals surface area contributed by atoms with Crippen LogP contribution < -0.4 is 4.74 Å². The Balaban J connectivity index is 1.29. The highest BCUT2D eigenvalue weighted by Gasteiger charge is 2.58. The fraction of sp³-hybridized carbons (Fsp3) is 0.459. The van der Waals surface area contributed by atoms with Gasteiger partial charge in [0.25, 0.3) is 0 Å². The van der Waals surface area contributed by atoms with E-state index in [0.29, 0.717) is 17.8 Å². The van der Waals surface area contributed by atoms with Gasteiger partial charge in [-0.2, -0.15) is 0 Å². The molecule has 4 aliphatic rings. The number of pyridine rings is 1. The van der Waals surface area contributed by atoms with Crippen LogP contribution >= 0.6 is 0 Å². The largest absolute Gasteiger partial charge is 0.497 e. The second-order valence-electron chi connectivity index (χ2n) is 13.4. The summed E-state index contributed by atoms with van der Waals surface area (Å²) in [6, 6.07) is 21.5. The van der Waals surface area contributed by atoms with Gasteiger partial charge in [0.2, 0.25) is 0 Å². The lowest BCUT2D eigenvalue weighted by Crippen LogP contribution is -2.51. The van der Waals surface area contributed by atoms with Crippen molar-refractivity contribution < 1.29 is 14.3 Å². The quantitative estimate of drug-likeness (QED) is 0.243. The molecular formula is C37H41NO3. The summed E-state index contributed by atoms with van der Waals surface area (Å²) in [5.74, 6) is 2.62. The van der Waals surface area contributed by atoms with E-state index in [1.54, 1.807) is 12.7 Å². The van der Waals surface area contributed by atoms with E-state index >= 15 is 0 Å². The van der Waals surface area contributed by atoms with Crippen LogP contribution in [0.25, 0.3) is 22.4 Å². The summed E-state index contributed by atoms with van der Waals surface area (Å²) in [4.78, 5) is 17.2. The average Bonchev–Trinajstić information content (AvgIpc) is 3.29. The zero-order valence-corrected chi connectivity index (χ0v) is 24.8. The summed E-state index contributed by atoms with van der Waals surface area (Å²) in [7, 11) is 1.72. The second-order valence-corrected chi connectivity index (χ2v) is 13.4. The van der Waals surface area contributed by atoms with Crippen LogP contribution in [0.15, 0.2) is 72.3 Å². The van der Waals surface area contributed by atoms with Crippen molar-refractivity contribution >= 4 is 5.97 Å². The molecule has 6 atom stereocenters. The minimum Gasteiger partial charge on any atom is -0.497 e. The Morgan fingerprint density at radius 2 is 1.66 bits per heavy atom. The number of nitrogens with zero attached hydrogens (tertiary/aromatic N) is 1. The highest BCUT2D eigenvalue weighted by Crippen LogP contribution is 2.64. The Morgan fingerprint density at radius 1 is 0.902 bits per heavy atom. The lowest BCUT2D eigenvalue weighted by molar-refractivity contribution is -0.148. The van der Waals surface area contributed by atoms with Crippen molar-refractivity contribution in [1.29, 1.82) is 0 Å². The van der Waals surface area contributed by atoms with Crippen LogP contribution in [0.4, 0.5) is 0 Å². The number of hydrogen-bond donors (Lipinski definition) is 0. The Hall–Kier alpha value is -3.40. The fourth-order valence-electron chi connectivity index (χ4n) is 9.21. The van der Waals surface area contributed by atoms with Crippen LogP contribution in [-0.2, 0) is 21.4 Å². The van der Waals surface area contributed by atoms with Gasteiger partial charge in [-0.05, 0) is 96.6 Å².